The van der Waals surface area contributed by atoms with Gasteiger partial charge in [-0.25, -0.2) is 0 Å². The van der Waals surface area contributed by atoms with Crippen LogP contribution in [0, 0.1) is 26.7 Å². The van der Waals surface area contributed by atoms with Gasteiger partial charge in [0, 0.05) is 0 Å². The Labute approximate surface area is 197 Å². The minimum atomic E-state index is -0.490. The predicted molar refractivity (Wildman–Crippen MR) is 129 cm³/mol. The Hall–Kier alpha value is -2.46. The Morgan fingerprint density at radius 1 is 1.36 bits per heavy atom. The predicted octanol–water partition coefficient (Wildman–Crippen LogP) is 1.52. The van der Waals surface area contributed by atoms with Crippen LogP contribution in [0.15, 0.2) is 11.1 Å². The van der Waals surface area contributed by atoms with E-state index in [0.29, 0.717) is 18.9 Å². The molecule has 1 aliphatic heterocycles. The molecule has 1 amide bonds. The number of nitrogens with one attached hydrogen (secondary N) is 1. The Kier molecular flexibility index (Phi) is 10.3. The molecule has 1 unspecified atom stereocenters. The summed E-state index contributed by atoms with van der Waals surface area (Å²) in [6.07, 6.45) is 2.67. The van der Waals surface area contributed by atoms with Crippen molar-refractivity contribution in [3.8, 4) is 5.75 Å². The van der Waals surface area contributed by atoms with Crippen LogP contribution in [0.4, 0.5) is 0 Å². The number of likely N-dealkylation sites (tertiary alicyclic amines) is 1. The summed E-state index contributed by atoms with van der Waals surface area (Å²) in [5, 5.41) is 4.21. The first kappa shape index (κ1) is 26.8. The van der Waals surface area contributed by atoms with Crippen LogP contribution in [0.2, 0.25) is 0 Å². The second-order valence-corrected chi connectivity index (χ2v) is 8.63. The molecular formula is C23H38BN5O4. The fourth-order valence-electron chi connectivity index (χ4n) is 4.38. The van der Waals surface area contributed by atoms with Crippen LogP contribution in [-0.4, -0.2) is 75.8 Å². The Bertz CT molecular complexity index is 864. The van der Waals surface area contributed by atoms with E-state index in [0.717, 1.165) is 55.5 Å². The first-order valence-electron chi connectivity index (χ1n) is 11.4. The zero-order chi connectivity index (χ0) is 24.5. The number of methoxy groups -OCH3 is 1. The van der Waals surface area contributed by atoms with Gasteiger partial charge in [0.1, 0.15) is 5.75 Å². The van der Waals surface area contributed by atoms with E-state index in [1.807, 2.05) is 6.07 Å². The number of amides is 1. The monoisotopic (exact) mass is 459 g/mol. The quantitative estimate of drug-likeness (QED) is 0.236. The number of guanidine groups is 1. The summed E-state index contributed by atoms with van der Waals surface area (Å²) in [5.41, 5.74) is 11.0. The Balaban J connectivity index is 2.08. The van der Waals surface area contributed by atoms with Crippen LogP contribution in [-0.2, 0) is 20.9 Å². The van der Waals surface area contributed by atoms with Crippen molar-refractivity contribution in [3.05, 3.63) is 28.3 Å². The molecule has 1 aliphatic rings. The van der Waals surface area contributed by atoms with Crippen LogP contribution in [0.5, 0.6) is 5.75 Å². The third kappa shape index (κ3) is 7.01. The standard InChI is InChI=1S/C23H38BN5O4/c1-15-10-21(32-5)17(3)16(2)19(15)12-26-23(25)29-9-7-8-18(13-29)11-20(27-14-24-31)22(30)28(4)33-6/h10,18,20,27H,7-9,11-14H2,1-6H3,(H2,25,26)/t18-,20?/m0/s1. The summed E-state index contributed by atoms with van der Waals surface area (Å²) in [6.45, 7) is 8.27. The number of hydroxylamine groups is 2. The topological polar surface area (TPSA) is 109 Å². The van der Waals surface area contributed by atoms with Gasteiger partial charge in [-0.15, -0.1) is 0 Å². The van der Waals surface area contributed by atoms with Gasteiger partial charge in [-0.3, -0.25) is 0 Å². The molecule has 2 rings (SSSR count). The summed E-state index contributed by atoms with van der Waals surface area (Å²) in [7, 11) is 5.46. The number of nitrogens with two attached hydrogens (primary N) is 1. The number of carbonyl (C=O) groups is 1. The molecule has 1 aromatic rings. The van der Waals surface area contributed by atoms with Gasteiger partial charge in [0.25, 0.3) is 0 Å². The van der Waals surface area contributed by atoms with Crippen molar-refractivity contribution in [3.63, 3.8) is 0 Å². The SMILES string of the molecule is COc1cc(C)c(CN=C(N)N2CCC[C@@H](CC(NCB=O)C(=O)N(C)OC)C2)c(C)c1C. The number of aryl methyl sites for hydroxylation is 1. The normalized spacial score (nSPS) is 17.5. The van der Waals surface area contributed by atoms with Gasteiger partial charge in [-0.05, 0) is 32.4 Å². The smallest absolute Gasteiger partial charge is 0.0390 e. The molecule has 10 heteroatoms. The molecule has 1 heterocycles. The van der Waals surface area contributed by atoms with Gasteiger partial charge in [0.2, 0.25) is 0 Å². The van der Waals surface area contributed by atoms with Crippen LogP contribution < -0.4 is 15.8 Å². The number of ether oxygens (including phenoxy) is 1. The molecule has 0 saturated carbocycles. The fourth-order valence-corrected chi connectivity index (χ4v) is 4.38. The van der Waals surface area contributed by atoms with Crippen molar-refractivity contribution in [1.29, 1.82) is 0 Å². The second-order valence-electron chi connectivity index (χ2n) is 8.63. The van der Waals surface area contributed by atoms with Crippen molar-refractivity contribution in [2.45, 2.75) is 52.6 Å². The number of benzene rings is 1. The molecule has 182 valence electrons. The summed E-state index contributed by atoms with van der Waals surface area (Å²) in [4.78, 5) is 24.4. The van der Waals surface area contributed by atoms with E-state index < -0.39 is 6.04 Å². The maximum atomic E-state index is 12.6. The van der Waals surface area contributed by atoms with Gasteiger partial charge in [-0.1, -0.05) is 0 Å². The van der Waals surface area contributed by atoms with E-state index in [1.165, 1.54) is 17.7 Å². The molecule has 0 radical (unpaired) electrons. The average Bonchev–Trinajstić information content (AvgIpc) is 2.82. The summed E-state index contributed by atoms with van der Waals surface area (Å²) in [5.74, 6) is 1.46. The third-order valence-corrected chi connectivity index (χ3v) is 6.57. The molecule has 33 heavy (non-hydrogen) atoms. The van der Waals surface area contributed by atoms with Crippen molar-refractivity contribution >= 4 is 19.0 Å². The van der Waals surface area contributed by atoms with Crippen molar-refractivity contribution in [2.75, 3.05) is 40.8 Å². The maximum absolute atomic E-state index is 12.6. The molecule has 0 aromatic heterocycles. The van der Waals surface area contributed by atoms with Crippen molar-refractivity contribution in [2.24, 2.45) is 16.6 Å². The molecule has 1 saturated heterocycles. The summed E-state index contributed by atoms with van der Waals surface area (Å²) >= 11 is 0. The number of carbonyl (C=O) groups excluding carboxylic acids is 1. The number of rotatable bonds is 10. The van der Waals surface area contributed by atoms with Crippen molar-refractivity contribution in [1.82, 2.24) is 15.3 Å². The number of hydrogen-bond acceptors (Lipinski definition) is 6. The molecule has 0 spiro atoms. The van der Waals surface area contributed by atoms with Crippen LogP contribution >= 0.6 is 0 Å². The van der Waals surface area contributed by atoms with E-state index in [-0.39, 0.29) is 18.3 Å². The molecular weight excluding hydrogens is 421 g/mol. The van der Waals surface area contributed by atoms with Gasteiger partial charge in [0.15, 0.2) is 0 Å². The molecule has 2 atom stereocenters. The summed E-state index contributed by atoms with van der Waals surface area (Å²) < 4.78 is 16.3. The van der Waals surface area contributed by atoms with Crippen LogP contribution in [0.25, 0.3) is 0 Å². The Morgan fingerprint density at radius 3 is 2.73 bits per heavy atom. The van der Waals surface area contributed by atoms with Crippen LogP contribution in [0.3, 0.4) is 0 Å². The first-order chi connectivity index (χ1) is 15.7. The Morgan fingerprint density at radius 2 is 2.09 bits per heavy atom. The molecule has 0 bridgehead atoms. The van der Waals surface area contributed by atoms with E-state index in [1.54, 1.807) is 14.2 Å². The minimum Gasteiger partial charge on any atom is -0.0390 e. The number of aliphatic imine (C=N–C) groups is 1. The second kappa shape index (κ2) is 12.7. The van der Waals surface area contributed by atoms with Crippen molar-refractivity contribution < 1.29 is 19.1 Å². The number of hydrogen-bond donors (Lipinski definition) is 2. The first-order valence-corrected chi connectivity index (χ1v) is 11.4. The van der Waals surface area contributed by atoms with E-state index >= 15 is 0 Å². The van der Waals surface area contributed by atoms with Gasteiger partial charge >= 0.3 is 148 Å². The third-order valence-electron chi connectivity index (χ3n) is 6.57. The van der Waals surface area contributed by atoms with E-state index in [2.05, 4.69) is 31.0 Å². The fraction of sp³-hybridized carbons (Fsp3) is 0.652. The minimum absolute atomic E-state index is 0.119. The van der Waals surface area contributed by atoms with Gasteiger partial charge in [0.05, 0.1) is 7.11 Å². The number of nitrogens with zero attached hydrogens (tertiary/aromatic N) is 3. The average molecular weight is 459 g/mol. The zero-order valence-electron chi connectivity index (χ0n) is 20.8. The molecule has 0 aliphatic carbocycles. The van der Waals surface area contributed by atoms with E-state index in [4.69, 9.17) is 20.3 Å². The van der Waals surface area contributed by atoms with Gasteiger partial charge in [-0.2, -0.15) is 0 Å². The molecule has 9 nitrogen and oxygen atoms in total. The molecule has 1 aromatic carbocycles. The van der Waals surface area contributed by atoms with Gasteiger partial charge < -0.3 is 4.74 Å². The molecule has 1 fully saturated rings. The molecule has 3 N–H and O–H groups in total. The zero-order valence-corrected chi connectivity index (χ0v) is 20.8. The van der Waals surface area contributed by atoms with Crippen LogP contribution in [0.1, 0.15) is 41.5 Å². The number of piperidine rings is 1. The summed E-state index contributed by atoms with van der Waals surface area (Å²) in [6, 6.07) is 1.55. The number of likely N-dealkylation sites (N-methyl/N-ethyl adjacent to an activating group) is 1. The van der Waals surface area contributed by atoms with E-state index in [9.17, 15) is 9.50 Å².